The second-order valence-corrected chi connectivity index (χ2v) is 5.66. The Morgan fingerprint density at radius 2 is 1.48 bits per heavy atom. The maximum absolute atomic E-state index is 9.56. The summed E-state index contributed by atoms with van der Waals surface area (Å²) in [5.74, 6) is 0. The normalized spacial score (nSPS) is 13.8. The monoisotopic (exact) mass is 283 g/mol. The van der Waals surface area contributed by atoms with Gasteiger partial charge >= 0.3 is 0 Å². The zero-order valence-corrected chi connectivity index (χ0v) is 12.7. The van der Waals surface area contributed by atoms with Crippen molar-refractivity contribution in [2.45, 2.75) is 38.3 Å². The van der Waals surface area contributed by atoms with E-state index in [0.717, 1.165) is 19.3 Å². The van der Waals surface area contributed by atoms with E-state index in [2.05, 4.69) is 48.6 Å². The van der Waals surface area contributed by atoms with Gasteiger partial charge in [0.25, 0.3) is 0 Å². The van der Waals surface area contributed by atoms with Gasteiger partial charge in [0.2, 0.25) is 0 Å². The minimum atomic E-state index is 0.123. The number of hydrogen-bond donors (Lipinski definition) is 2. The van der Waals surface area contributed by atoms with Crippen LogP contribution in [-0.2, 0) is 12.8 Å². The molecule has 0 aliphatic heterocycles. The molecule has 0 saturated carbocycles. The van der Waals surface area contributed by atoms with Crippen molar-refractivity contribution in [3.05, 3.63) is 71.8 Å². The van der Waals surface area contributed by atoms with Crippen LogP contribution in [0, 0.1) is 0 Å². The van der Waals surface area contributed by atoms with Crippen molar-refractivity contribution in [1.82, 2.24) is 5.32 Å². The van der Waals surface area contributed by atoms with Crippen molar-refractivity contribution in [3.63, 3.8) is 0 Å². The lowest BCUT2D eigenvalue weighted by atomic mass is 10.0. The quantitative estimate of drug-likeness (QED) is 0.780. The van der Waals surface area contributed by atoms with Crippen LogP contribution in [0.1, 0.15) is 24.5 Å². The van der Waals surface area contributed by atoms with Gasteiger partial charge in [0.1, 0.15) is 0 Å². The maximum Gasteiger partial charge on any atom is 0.0587 e. The van der Waals surface area contributed by atoms with E-state index in [1.807, 2.05) is 24.3 Å². The van der Waals surface area contributed by atoms with Crippen LogP contribution in [0.15, 0.2) is 60.7 Å². The molecule has 0 bridgehead atoms. The fourth-order valence-electron chi connectivity index (χ4n) is 2.59. The highest BCUT2D eigenvalue weighted by atomic mass is 16.3. The Bertz CT molecular complexity index is 497. The average molecular weight is 283 g/mol. The second-order valence-electron chi connectivity index (χ2n) is 5.66. The summed E-state index contributed by atoms with van der Waals surface area (Å²) < 4.78 is 0. The van der Waals surface area contributed by atoms with Gasteiger partial charge in [0.15, 0.2) is 0 Å². The summed E-state index contributed by atoms with van der Waals surface area (Å²) in [6.07, 6.45) is 3.01. The van der Waals surface area contributed by atoms with Crippen molar-refractivity contribution < 1.29 is 5.11 Å². The second kappa shape index (κ2) is 8.60. The number of aliphatic hydroxyl groups excluding tert-OH is 1. The molecule has 2 rings (SSSR count). The molecule has 2 aromatic rings. The highest BCUT2D eigenvalue weighted by Crippen LogP contribution is 2.07. The van der Waals surface area contributed by atoms with Gasteiger partial charge in [0, 0.05) is 12.1 Å². The van der Waals surface area contributed by atoms with Gasteiger partial charge in [-0.05, 0) is 37.3 Å². The maximum atomic E-state index is 9.56. The predicted octanol–water partition coefficient (Wildman–Crippen LogP) is 3.20. The van der Waals surface area contributed by atoms with Crippen LogP contribution in [-0.4, -0.2) is 23.8 Å². The first-order chi connectivity index (χ1) is 10.3. The summed E-state index contributed by atoms with van der Waals surface area (Å²) >= 11 is 0. The van der Waals surface area contributed by atoms with Gasteiger partial charge in [-0.3, -0.25) is 0 Å². The molecule has 0 aliphatic rings. The molecule has 0 aromatic heterocycles. The summed E-state index contributed by atoms with van der Waals surface area (Å²) in [7, 11) is 0. The van der Waals surface area contributed by atoms with Crippen molar-refractivity contribution in [2.75, 3.05) is 6.61 Å². The van der Waals surface area contributed by atoms with Crippen molar-refractivity contribution in [1.29, 1.82) is 0 Å². The lowest BCUT2D eigenvalue weighted by molar-refractivity contribution is 0.230. The van der Waals surface area contributed by atoms with Gasteiger partial charge in [-0.2, -0.15) is 0 Å². The fourth-order valence-corrected chi connectivity index (χ4v) is 2.59. The first-order valence-electron chi connectivity index (χ1n) is 7.72. The minimum absolute atomic E-state index is 0.123. The van der Waals surface area contributed by atoms with Gasteiger partial charge in [-0.25, -0.2) is 0 Å². The SMILES string of the molecule is CC(CCc1ccccc1)N[C@H](CO)Cc1ccccc1. The first-order valence-corrected chi connectivity index (χ1v) is 7.72. The molecule has 112 valence electrons. The molecule has 0 saturated heterocycles. The molecule has 0 spiro atoms. The molecule has 0 fully saturated rings. The molecule has 2 N–H and O–H groups in total. The highest BCUT2D eigenvalue weighted by molar-refractivity contribution is 5.16. The van der Waals surface area contributed by atoms with Gasteiger partial charge in [-0.15, -0.1) is 0 Å². The summed E-state index contributed by atoms with van der Waals surface area (Å²) in [5, 5.41) is 13.1. The third-order valence-electron chi connectivity index (χ3n) is 3.77. The molecule has 0 radical (unpaired) electrons. The molecule has 0 amide bonds. The largest absolute Gasteiger partial charge is 0.395 e. The summed E-state index contributed by atoms with van der Waals surface area (Å²) in [6.45, 7) is 2.36. The molecular formula is C19H25NO. The zero-order valence-electron chi connectivity index (χ0n) is 12.7. The average Bonchev–Trinajstić information content (AvgIpc) is 2.54. The molecule has 2 aromatic carbocycles. The van der Waals surface area contributed by atoms with E-state index in [-0.39, 0.29) is 12.6 Å². The Balaban J connectivity index is 1.78. The van der Waals surface area contributed by atoms with E-state index in [0.29, 0.717) is 6.04 Å². The number of aliphatic hydroxyl groups is 1. The van der Waals surface area contributed by atoms with Crippen LogP contribution in [0.4, 0.5) is 0 Å². The molecule has 2 atom stereocenters. The Morgan fingerprint density at radius 1 is 0.905 bits per heavy atom. The van der Waals surface area contributed by atoms with E-state index in [4.69, 9.17) is 0 Å². The summed E-state index contributed by atoms with van der Waals surface area (Å²) in [6, 6.07) is 21.4. The van der Waals surface area contributed by atoms with E-state index in [1.54, 1.807) is 0 Å². The lowest BCUT2D eigenvalue weighted by Crippen LogP contribution is -2.40. The smallest absolute Gasteiger partial charge is 0.0587 e. The van der Waals surface area contributed by atoms with Crippen molar-refractivity contribution in [3.8, 4) is 0 Å². The predicted molar refractivity (Wildman–Crippen MR) is 88.4 cm³/mol. The molecular weight excluding hydrogens is 258 g/mol. The third kappa shape index (κ3) is 5.70. The lowest BCUT2D eigenvalue weighted by Gasteiger charge is -2.22. The third-order valence-corrected chi connectivity index (χ3v) is 3.77. The number of benzene rings is 2. The number of hydrogen-bond acceptors (Lipinski definition) is 2. The Morgan fingerprint density at radius 3 is 2.05 bits per heavy atom. The highest BCUT2D eigenvalue weighted by Gasteiger charge is 2.11. The molecule has 0 heterocycles. The Kier molecular flexibility index (Phi) is 6.45. The zero-order chi connectivity index (χ0) is 14.9. The molecule has 1 unspecified atom stereocenters. The van der Waals surface area contributed by atoms with Crippen LogP contribution in [0.3, 0.4) is 0 Å². The van der Waals surface area contributed by atoms with Crippen LogP contribution < -0.4 is 5.32 Å². The minimum Gasteiger partial charge on any atom is -0.395 e. The van der Waals surface area contributed by atoms with Crippen LogP contribution in [0.25, 0.3) is 0 Å². The van der Waals surface area contributed by atoms with Crippen LogP contribution >= 0.6 is 0 Å². The summed E-state index contributed by atoms with van der Waals surface area (Å²) in [5.41, 5.74) is 2.63. The number of aryl methyl sites for hydroxylation is 1. The number of nitrogens with one attached hydrogen (secondary N) is 1. The standard InChI is InChI=1S/C19H25NO/c1-16(12-13-17-8-4-2-5-9-17)20-19(15-21)14-18-10-6-3-7-11-18/h2-11,16,19-21H,12-15H2,1H3/t16?,19-/m0/s1. The van der Waals surface area contributed by atoms with Crippen molar-refractivity contribution >= 4 is 0 Å². The number of rotatable bonds is 8. The molecule has 0 aliphatic carbocycles. The van der Waals surface area contributed by atoms with Gasteiger partial charge in [-0.1, -0.05) is 60.7 Å². The summed E-state index contributed by atoms with van der Waals surface area (Å²) in [4.78, 5) is 0. The molecule has 2 heteroatoms. The van der Waals surface area contributed by atoms with E-state index >= 15 is 0 Å². The Hall–Kier alpha value is -1.64. The molecule has 21 heavy (non-hydrogen) atoms. The molecule has 2 nitrogen and oxygen atoms in total. The van der Waals surface area contributed by atoms with Crippen molar-refractivity contribution in [2.24, 2.45) is 0 Å². The fraction of sp³-hybridized carbons (Fsp3) is 0.368. The van der Waals surface area contributed by atoms with Crippen LogP contribution in [0.5, 0.6) is 0 Å². The topological polar surface area (TPSA) is 32.3 Å². The van der Waals surface area contributed by atoms with E-state index in [1.165, 1.54) is 11.1 Å². The van der Waals surface area contributed by atoms with E-state index in [9.17, 15) is 5.11 Å². The van der Waals surface area contributed by atoms with Gasteiger partial charge < -0.3 is 10.4 Å². The van der Waals surface area contributed by atoms with Crippen LogP contribution in [0.2, 0.25) is 0 Å². The van der Waals surface area contributed by atoms with Gasteiger partial charge in [0.05, 0.1) is 6.61 Å². The van der Waals surface area contributed by atoms with E-state index < -0.39 is 0 Å². The first kappa shape index (κ1) is 15.7. The Labute approximate surface area is 127 Å².